The van der Waals surface area contributed by atoms with Crippen LogP contribution < -0.4 is 22.1 Å². The lowest BCUT2D eigenvalue weighted by molar-refractivity contribution is 0.0962. The van der Waals surface area contributed by atoms with Gasteiger partial charge in [0.05, 0.1) is 6.33 Å². The Balaban J connectivity index is 2.11. The molecule has 2 rings (SSSR count). The van der Waals surface area contributed by atoms with Crippen LogP contribution >= 0.6 is 0 Å². The summed E-state index contributed by atoms with van der Waals surface area (Å²) in [5.74, 6) is -0.231. The number of carbonyl (C=O) groups excluding carboxylic acids is 1. The van der Waals surface area contributed by atoms with E-state index < -0.39 is 5.56 Å². The number of aryl methyl sites for hydroxylation is 1. The van der Waals surface area contributed by atoms with Crippen molar-refractivity contribution in [3.05, 3.63) is 52.1 Å². The van der Waals surface area contributed by atoms with E-state index in [-0.39, 0.29) is 17.4 Å². The van der Waals surface area contributed by atoms with Crippen LogP contribution in [0.15, 0.2) is 35.4 Å². The number of amides is 1. The van der Waals surface area contributed by atoms with E-state index in [0.29, 0.717) is 5.56 Å². The summed E-state index contributed by atoms with van der Waals surface area (Å²) < 4.78 is 0. The van der Waals surface area contributed by atoms with Gasteiger partial charge in [-0.05, 0) is 18.6 Å². The Hall–Kier alpha value is -2.83. The Morgan fingerprint density at radius 3 is 2.84 bits per heavy atom. The number of carbonyl (C=O) groups is 1. The van der Waals surface area contributed by atoms with Crippen molar-refractivity contribution < 1.29 is 4.79 Å². The molecule has 0 spiro atoms. The van der Waals surface area contributed by atoms with Crippen LogP contribution in [-0.4, -0.2) is 15.9 Å². The van der Waals surface area contributed by atoms with Crippen molar-refractivity contribution in [1.29, 1.82) is 0 Å². The van der Waals surface area contributed by atoms with Crippen LogP contribution in [0.2, 0.25) is 0 Å². The fourth-order valence-electron chi connectivity index (χ4n) is 1.52. The number of aromatic amines is 1. The van der Waals surface area contributed by atoms with Gasteiger partial charge in [-0.3, -0.25) is 20.4 Å². The Labute approximate surface area is 108 Å². The maximum absolute atomic E-state index is 11.9. The summed E-state index contributed by atoms with van der Waals surface area (Å²) in [6.45, 7) is 1.83. The normalized spacial score (nSPS) is 9.95. The highest BCUT2D eigenvalue weighted by Gasteiger charge is 2.09. The Morgan fingerprint density at radius 2 is 2.11 bits per heavy atom. The highest BCUT2D eigenvalue weighted by Crippen LogP contribution is 2.08. The molecule has 0 atom stereocenters. The van der Waals surface area contributed by atoms with E-state index in [1.54, 1.807) is 12.1 Å². The summed E-state index contributed by atoms with van der Waals surface area (Å²) in [6.07, 6.45) is 1.20. The number of anilines is 2. The Kier molecular flexibility index (Phi) is 3.46. The summed E-state index contributed by atoms with van der Waals surface area (Å²) >= 11 is 0. The number of nitrogen functional groups attached to an aromatic ring is 1. The predicted octanol–water partition coefficient (Wildman–Crippen LogP) is 0.417. The number of hydrogen-bond acceptors (Lipinski definition) is 5. The second kappa shape index (κ2) is 5.21. The van der Waals surface area contributed by atoms with Gasteiger partial charge in [-0.2, -0.15) is 0 Å². The van der Waals surface area contributed by atoms with Gasteiger partial charge in [-0.15, -0.1) is 0 Å². The van der Waals surface area contributed by atoms with E-state index >= 15 is 0 Å². The van der Waals surface area contributed by atoms with E-state index in [4.69, 9.17) is 5.73 Å². The molecule has 98 valence electrons. The molecule has 5 N–H and O–H groups in total. The van der Waals surface area contributed by atoms with Crippen molar-refractivity contribution >= 4 is 17.4 Å². The molecule has 1 heterocycles. The average molecular weight is 259 g/mol. The predicted molar refractivity (Wildman–Crippen MR) is 71.5 cm³/mol. The van der Waals surface area contributed by atoms with Crippen molar-refractivity contribution in [1.82, 2.24) is 15.4 Å². The topological polar surface area (TPSA) is 113 Å². The number of hydrazine groups is 1. The fourth-order valence-corrected chi connectivity index (χ4v) is 1.52. The number of H-pyrrole nitrogens is 1. The first-order valence-electron chi connectivity index (χ1n) is 5.54. The third-order valence-electron chi connectivity index (χ3n) is 2.57. The van der Waals surface area contributed by atoms with Gasteiger partial charge in [0.1, 0.15) is 5.69 Å². The van der Waals surface area contributed by atoms with Crippen molar-refractivity contribution in [2.24, 2.45) is 0 Å². The largest absolute Gasteiger partial charge is 0.391 e. The van der Waals surface area contributed by atoms with Crippen LogP contribution in [-0.2, 0) is 0 Å². The zero-order valence-corrected chi connectivity index (χ0v) is 10.2. The smallest absolute Gasteiger partial charge is 0.276 e. The van der Waals surface area contributed by atoms with Gasteiger partial charge in [0, 0.05) is 5.56 Å². The summed E-state index contributed by atoms with van der Waals surface area (Å²) in [4.78, 5) is 29.3. The molecule has 0 aliphatic carbocycles. The van der Waals surface area contributed by atoms with Gasteiger partial charge < -0.3 is 10.7 Å². The summed E-state index contributed by atoms with van der Waals surface area (Å²) in [6, 6.07) is 7.13. The minimum absolute atomic E-state index is 0.0902. The second-order valence-corrected chi connectivity index (χ2v) is 3.89. The Bertz CT molecular complexity index is 665. The molecule has 0 aliphatic rings. The zero-order chi connectivity index (χ0) is 13.8. The molecule has 7 heteroatoms. The second-order valence-electron chi connectivity index (χ2n) is 3.89. The molecule has 0 bridgehead atoms. The molecule has 1 aromatic carbocycles. The number of hydrogen-bond donors (Lipinski definition) is 4. The van der Waals surface area contributed by atoms with Crippen LogP contribution in [0.4, 0.5) is 11.5 Å². The number of rotatable bonds is 3. The number of nitrogens with one attached hydrogen (secondary N) is 3. The van der Waals surface area contributed by atoms with Crippen molar-refractivity contribution in [2.75, 3.05) is 11.2 Å². The van der Waals surface area contributed by atoms with Crippen molar-refractivity contribution in [3.63, 3.8) is 0 Å². The highest BCUT2D eigenvalue weighted by atomic mass is 16.2. The third-order valence-corrected chi connectivity index (χ3v) is 2.57. The molecule has 7 nitrogen and oxygen atoms in total. The minimum atomic E-state index is -0.470. The average Bonchev–Trinajstić information content (AvgIpc) is 2.40. The molecule has 1 amide bonds. The lowest BCUT2D eigenvalue weighted by Gasteiger charge is -2.10. The third kappa shape index (κ3) is 2.71. The first-order chi connectivity index (χ1) is 9.09. The monoisotopic (exact) mass is 259 g/mol. The van der Waals surface area contributed by atoms with Gasteiger partial charge in [0.15, 0.2) is 5.82 Å². The maximum Gasteiger partial charge on any atom is 0.276 e. The molecule has 0 aliphatic heterocycles. The van der Waals surface area contributed by atoms with Gasteiger partial charge in [0.25, 0.3) is 11.5 Å². The summed E-state index contributed by atoms with van der Waals surface area (Å²) in [5, 5.41) is 0. The number of nitrogens with two attached hydrogens (primary N) is 1. The quantitative estimate of drug-likeness (QED) is 0.596. The molecular weight excluding hydrogens is 246 g/mol. The minimum Gasteiger partial charge on any atom is -0.391 e. The molecule has 0 saturated carbocycles. The molecule has 0 saturated heterocycles. The summed E-state index contributed by atoms with van der Waals surface area (Å²) in [5.41, 5.74) is 11.3. The highest BCUT2D eigenvalue weighted by molar-refractivity contribution is 5.96. The molecule has 0 fully saturated rings. The van der Waals surface area contributed by atoms with Crippen LogP contribution in [0.3, 0.4) is 0 Å². The molecule has 1 aromatic heterocycles. The summed E-state index contributed by atoms with van der Waals surface area (Å²) in [7, 11) is 0. The van der Waals surface area contributed by atoms with Crippen LogP contribution in [0, 0.1) is 6.92 Å². The van der Waals surface area contributed by atoms with Gasteiger partial charge in [-0.1, -0.05) is 18.2 Å². The Morgan fingerprint density at radius 1 is 1.37 bits per heavy atom. The SMILES string of the molecule is Cc1ccccc1C(=O)NNc1nc[nH]c(=O)c1N. The van der Waals surface area contributed by atoms with Crippen LogP contribution in [0.5, 0.6) is 0 Å². The molecule has 2 aromatic rings. The lowest BCUT2D eigenvalue weighted by Crippen LogP contribution is -2.31. The molecule has 19 heavy (non-hydrogen) atoms. The standard InChI is InChI=1S/C12H13N5O2/c1-7-4-2-3-5-8(7)11(18)17-16-10-9(13)12(19)15-6-14-10/h2-6H,13H2,1H3,(H,17,18)(H2,14,15,16,19). The first-order valence-corrected chi connectivity index (χ1v) is 5.54. The number of benzene rings is 1. The molecule has 0 radical (unpaired) electrons. The molecule has 0 unspecified atom stereocenters. The van der Waals surface area contributed by atoms with E-state index in [9.17, 15) is 9.59 Å². The van der Waals surface area contributed by atoms with E-state index in [1.807, 2.05) is 19.1 Å². The van der Waals surface area contributed by atoms with Crippen molar-refractivity contribution in [3.8, 4) is 0 Å². The van der Waals surface area contributed by atoms with Gasteiger partial charge in [0.2, 0.25) is 0 Å². The fraction of sp³-hybridized carbons (Fsp3) is 0.0833. The van der Waals surface area contributed by atoms with Crippen molar-refractivity contribution in [2.45, 2.75) is 6.92 Å². The lowest BCUT2D eigenvalue weighted by atomic mass is 10.1. The van der Waals surface area contributed by atoms with Crippen LogP contribution in [0.25, 0.3) is 0 Å². The van der Waals surface area contributed by atoms with Crippen LogP contribution in [0.1, 0.15) is 15.9 Å². The molecular formula is C12H13N5O2. The maximum atomic E-state index is 11.9. The number of nitrogens with zero attached hydrogens (tertiary/aromatic N) is 1. The number of aromatic nitrogens is 2. The van der Waals surface area contributed by atoms with Gasteiger partial charge in [-0.25, -0.2) is 4.98 Å². The van der Waals surface area contributed by atoms with E-state index in [2.05, 4.69) is 20.8 Å². The van der Waals surface area contributed by atoms with Gasteiger partial charge >= 0.3 is 0 Å². The zero-order valence-electron chi connectivity index (χ0n) is 10.2. The first kappa shape index (κ1) is 12.6. The van der Waals surface area contributed by atoms with E-state index in [1.165, 1.54) is 6.33 Å². The van der Waals surface area contributed by atoms with E-state index in [0.717, 1.165) is 5.56 Å².